The molecular weight excluding hydrogens is 392 g/mol. The number of fused-ring (bicyclic) bond motifs is 4. The zero-order valence-electron chi connectivity index (χ0n) is 18.0. The van der Waals surface area contributed by atoms with E-state index in [2.05, 4.69) is 24.9 Å². The largest absolute Gasteiger partial charge is 0.455 e. The van der Waals surface area contributed by atoms with Crippen molar-refractivity contribution in [3.8, 4) is 0 Å². The van der Waals surface area contributed by atoms with Crippen LogP contribution in [0.3, 0.4) is 0 Å². The molecule has 2 fully saturated rings. The number of allylic oxidation sites excluding steroid dienone is 1. The number of rotatable bonds is 3. The topological polar surface area (TPSA) is 72.9 Å². The number of aromatic nitrogens is 1. The first-order chi connectivity index (χ1) is 14.9. The first-order valence-electron chi connectivity index (χ1n) is 10.9. The summed E-state index contributed by atoms with van der Waals surface area (Å²) in [5.41, 5.74) is 3.18. The van der Waals surface area contributed by atoms with Crippen LogP contribution < -0.4 is 5.32 Å². The Kier molecular flexibility index (Phi) is 4.77. The number of carbonyl (C=O) groups excluding carboxylic acids is 2. The summed E-state index contributed by atoms with van der Waals surface area (Å²) in [6, 6.07) is 7.91. The number of hydrogen-bond donors (Lipinski definition) is 1. The summed E-state index contributed by atoms with van der Waals surface area (Å²) in [4.78, 5) is 25.0. The van der Waals surface area contributed by atoms with Crippen LogP contribution in [0.1, 0.15) is 43.0 Å². The molecule has 1 aromatic heterocycles. The molecule has 1 N–H and O–H groups in total. The molecule has 2 saturated heterocycles. The van der Waals surface area contributed by atoms with Crippen LogP contribution in [0.25, 0.3) is 10.9 Å². The van der Waals surface area contributed by atoms with E-state index < -0.39 is 0 Å². The summed E-state index contributed by atoms with van der Waals surface area (Å²) in [7, 11) is 1.95. The van der Waals surface area contributed by atoms with Gasteiger partial charge < -0.3 is 19.4 Å². The maximum atomic E-state index is 12.9. The van der Waals surface area contributed by atoms with E-state index in [1.165, 1.54) is 5.57 Å². The Labute approximate surface area is 181 Å². The van der Waals surface area contributed by atoms with Crippen molar-refractivity contribution in [3.63, 3.8) is 0 Å². The predicted molar refractivity (Wildman–Crippen MR) is 118 cm³/mol. The fourth-order valence-corrected chi connectivity index (χ4v) is 5.09. The molecule has 3 heterocycles. The lowest BCUT2D eigenvalue weighted by molar-refractivity contribution is -0.140. The molecule has 5 rings (SSSR count). The number of aryl methyl sites for hydroxylation is 1. The van der Waals surface area contributed by atoms with Crippen molar-refractivity contribution in [1.29, 1.82) is 0 Å². The number of epoxide rings is 1. The van der Waals surface area contributed by atoms with E-state index in [1.807, 2.05) is 42.1 Å². The van der Waals surface area contributed by atoms with E-state index >= 15 is 0 Å². The summed E-state index contributed by atoms with van der Waals surface area (Å²) in [5.74, 6) is -0.412. The van der Waals surface area contributed by atoms with Gasteiger partial charge in [-0.15, -0.1) is 0 Å². The van der Waals surface area contributed by atoms with Gasteiger partial charge in [-0.25, -0.2) is 4.79 Å². The van der Waals surface area contributed by atoms with Gasteiger partial charge in [0.15, 0.2) is 0 Å². The Balaban J connectivity index is 1.31. The number of benzene rings is 1. The molecule has 2 aromatic rings. The van der Waals surface area contributed by atoms with E-state index in [0.29, 0.717) is 17.7 Å². The predicted octanol–water partition coefficient (Wildman–Crippen LogP) is 3.66. The fraction of sp³-hybridized carbons (Fsp3) is 0.440. The van der Waals surface area contributed by atoms with Crippen LogP contribution in [-0.2, 0) is 21.3 Å². The summed E-state index contributed by atoms with van der Waals surface area (Å²) in [6.45, 7) is 6.54. The van der Waals surface area contributed by atoms with E-state index in [4.69, 9.17) is 9.47 Å². The molecule has 6 nitrogen and oxygen atoms in total. The molecular formula is C25H28N2O4. The molecule has 0 saturated carbocycles. The van der Waals surface area contributed by atoms with E-state index in [-0.39, 0.29) is 35.6 Å². The van der Waals surface area contributed by atoms with E-state index in [1.54, 1.807) is 0 Å². The molecule has 162 valence electrons. The number of ether oxygens (including phenoxy) is 2. The molecule has 4 atom stereocenters. The van der Waals surface area contributed by atoms with Crippen LogP contribution in [0.2, 0.25) is 0 Å². The fourth-order valence-electron chi connectivity index (χ4n) is 5.09. The van der Waals surface area contributed by atoms with Crippen LogP contribution in [0.5, 0.6) is 0 Å². The third-order valence-corrected chi connectivity index (χ3v) is 7.06. The highest BCUT2D eigenvalue weighted by molar-refractivity contribution is 6.07. The number of amides is 1. The third kappa shape index (κ3) is 3.49. The molecule has 0 spiro atoms. The summed E-state index contributed by atoms with van der Waals surface area (Å²) >= 11 is 0. The van der Waals surface area contributed by atoms with E-state index in [0.717, 1.165) is 36.6 Å². The second kappa shape index (κ2) is 7.38. The number of hydrogen-bond acceptors (Lipinski definition) is 4. The molecule has 31 heavy (non-hydrogen) atoms. The molecule has 0 unspecified atom stereocenters. The molecule has 1 aliphatic carbocycles. The molecule has 0 bridgehead atoms. The minimum Gasteiger partial charge on any atom is -0.455 e. The molecule has 6 heteroatoms. The molecule has 2 aliphatic heterocycles. The lowest BCUT2D eigenvalue weighted by Gasteiger charge is -2.20. The Morgan fingerprint density at radius 2 is 2.16 bits per heavy atom. The monoisotopic (exact) mass is 420 g/mol. The van der Waals surface area contributed by atoms with E-state index in [9.17, 15) is 9.59 Å². The van der Waals surface area contributed by atoms with Gasteiger partial charge >= 0.3 is 5.97 Å². The lowest BCUT2D eigenvalue weighted by atomic mass is 9.84. The molecule has 1 aromatic carbocycles. The van der Waals surface area contributed by atoms with Gasteiger partial charge in [-0.2, -0.15) is 0 Å². The van der Waals surface area contributed by atoms with Crippen LogP contribution in [0, 0.1) is 5.92 Å². The highest BCUT2D eigenvalue weighted by Gasteiger charge is 2.61. The highest BCUT2D eigenvalue weighted by atomic mass is 16.6. The zero-order chi connectivity index (χ0) is 21.8. The first-order valence-corrected chi connectivity index (χ1v) is 10.9. The third-order valence-electron chi connectivity index (χ3n) is 7.06. The van der Waals surface area contributed by atoms with Crippen LogP contribution in [-0.4, -0.2) is 40.8 Å². The summed E-state index contributed by atoms with van der Waals surface area (Å²) in [6.07, 6.45) is 7.11. The van der Waals surface area contributed by atoms with Crippen LogP contribution in [0.15, 0.2) is 54.3 Å². The van der Waals surface area contributed by atoms with Crippen molar-refractivity contribution in [1.82, 2.24) is 9.88 Å². The second-order valence-electron chi connectivity index (χ2n) is 9.15. The maximum Gasteiger partial charge on any atom is 0.334 e. The van der Waals surface area contributed by atoms with Crippen molar-refractivity contribution < 1.29 is 19.1 Å². The Morgan fingerprint density at radius 1 is 1.35 bits per heavy atom. The van der Waals surface area contributed by atoms with Gasteiger partial charge in [0.1, 0.15) is 12.2 Å². The summed E-state index contributed by atoms with van der Waals surface area (Å²) in [5, 5.41) is 4.05. The number of esters is 1. The van der Waals surface area contributed by atoms with Gasteiger partial charge in [-0.1, -0.05) is 36.4 Å². The average molecular weight is 421 g/mol. The standard InChI is InChI=1S/C25H28N2O4/c1-15-17-11-10-16(7-6-12-25(2)22(31-25)21(17)30-24(15)29)13-26-23(28)19-14-27(3)20-9-5-4-8-18(19)20/h4-5,7-9,14,17,21-22H,1,6,10-13H2,2-3H3,(H,26,28)/b16-7+/t17-,21-,22-,25+/m0/s1. The molecule has 0 radical (unpaired) electrons. The van der Waals surface area contributed by atoms with Gasteiger partial charge in [-0.3, -0.25) is 4.79 Å². The minimum atomic E-state index is -0.304. The van der Waals surface area contributed by atoms with Crippen molar-refractivity contribution in [2.45, 2.75) is 50.4 Å². The number of nitrogens with one attached hydrogen (secondary N) is 1. The SMILES string of the molecule is C=C1C(=O)O[C@H]2[C@H]1CC/C(CNC(=O)c1cn(C)c3ccccc13)=C\CC[C@@]1(C)O[C@@H]21. The lowest BCUT2D eigenvalue weighted by Crippen LogP contribution is -2.30. The van der Waals surface area contributed by atoms with Crippen molar-refractivity contribution in [2.75, 3.05) is 6.54 Å². The van der Waals surface area contributed by atoms with Crippen molar-refractivity contribution >= 4 is 22.8 Å². The van der Waals surface area contributed by atoms with Gasteiger partial charge in [0.2, 0.25) is 0 Å². The average Bonchev–Trinajstić information content (AvgIpc) is 3.19. The van der Waals surface area contributed by atoms with Gasteiger partial charge in [0.25, 0.3) is 5.91 Å². The van der Waals surface area contributed by atoms with Gasteiger partial charge in [-0.05, 0) is 38.7 Å². The Hall–Kier alpha value is -2.86. The first kappa shape index (κ1) is 20.1. The molecule has 1 amide bonds. The normalized spacial score (nSPS) is 31.9. The van der Waals surface area contributed by atoms with Crippen molar-refractivity contribution in [2.24, 2.45) is 13.0 Å². The van der Waals surface area contributed by atoms with Crippen molar-refractivity contribution in [3.05, 3.63) is 59.8 Å². The Morgan fingerprint density at radius 3 is 3.00 bits per heavy atom. The minimum absolute atomic E-state index is 0.0328. The van der Waals surface area contributed by atoms with Crippen LogP contribution >= 0.6 is 0 Å². The number of nitrogens with zero attached hydrogens (tertiary/aromatic N) is 1. The number of para-hydroxylation sites is 1. The highest BCUT2D eigenvalue weighted by Crippen LogP contribution is 2.49. The van der Waals surface area contributed by atoms with Crippen LogP contribution in [0.4, 0.5) is 0 Å². The quantitative estimate of drug-likeness (QED) is 0.356. The molecule has 3 aliphatic rings. The smallest absolute Gasteiger partial charge is 0.334 e. The van der Waals surface area contributed by atoms with Gasteiger partial charge in [0.05, 0.1) is 11.2 Å². The summed E-state index contributed by atoms with van der Waals surface area (Å²) < 4.78 is 13.5. The number of carbonyl (C=O) groups is 2. The van der Waals surface area contributed by atoms with Gasteiger partial charge in [0, 0.05) is 42.2 Å². The zero-order valence-corrected chi connectivity index (χ0v) is 18.0. The maximum absolute atomic E-state index is 12.9. The Bertz CT molecular complexity index is 1110. The second-order valence-corrected chi connectivity index (χ2v) is 9.15.